The molecule has 0 heterocycles. The zero-order valence-electron chi connectivity index (χ0n) is 10.2. The highest BCUT2D eigenvalue weighted by molar-refractivity contribution is 5.71. The quantitative estimate of drug-likeness (QED) is 0.738. The van der Waals surface area contributed by atoms with Crippen LogP contribution in [0.3, 0.4) is 0 Å². The molecule has 0 radical (unpaired) electrons. The number of benzene rings is 1. The van der Waals surface area contributed by atoms with Crippen molar-refractivity contribution in [3.8, 4) is 5.75 Å². The normalized spacial score (nSPS) is 11.0. The van der Waals surface area contributed by atoms with Gasteiger partial charge in [-0.1, -0.05) is 17.7 Å². The molecule has 0 aliphatic carbocycles. The first-order valence-corrected chi connectivity index (χ1v) is 5.28. The van der Waals surface area contributed by atoms with E-state index in [0.29, 0.717) is 5.75 Å². The Labute approximate surface area is 96.4 Å². The summed E-state index contributed by atoms with van der Waals surface area (Å²) in [6.07, 6.45) is 0. The minimum absolute atomic E-state index is 0.0552. The molecule has 0 atom stereocenters. The maximum atomic E-state index is 11.4. The lowest BCUT2D eigenvalue weighted by molar-refractivity contribution is -0.157. The van der Waals surface area contributed by atoms with Crippen molar-refractivity contribution < 1.29 is 14.3 Å². The summed E-state index contributed by atoms with van der Waals surface area (Å²) in [6, 6.07) is 7.54. The molecule has 3 nitrogen and oxygen atoms in total. The molecule has 1 aromatic carbocycles. The molecular weight excluding hydrogens is 204 g/mol. The third-order valence-electron chi connectivity index (χ3n) is 1.80. The van der Waals surface area contributed by atoms with Gasteiger partial charge in [0.25, 0.3) is 0 Å². The van der Waals surface area contributed by atoms with Crippen LogP contribution >= 0.6 is 0 Å². The Hall–Kier alpha value is -1.51. The maximum Gasteiger partial charge on any atom is 0.344 e. The van der Waals surface area contributed by atoms with E-state index in [2.05, 4.69) is 0 Å². The van der Waals surface area contributed by atoms with Gasteiger partial charge in [-0.05, 0) is 39.8 Å². The van der Waals surface area contributed by atoms with Gasteiger partial charge in [-0.25, -0.2) is 4.79 Å². The summed E-state index contributed by atoms with van der Waals surface area (Å²) in [5, 5.41) is 0. The van der Waals surface area contributed by atoms with Gasteiger partial charge in [0.05, 0.1) is 0 Å². The lowest BCUT2D eigenvalue weighted by Crippen LogP contribution is -2.27. The summed E-state index contributed by atoms with van der Waals surface area (Å²) in [6.45, 7) is 7.43. The molecule has 0 aliphatic rings. The lowest BCUT2D eigenvalue weighted by Gasteiger charge is -2.19. The second-order valence-corrected chi connectivity index (χ2v) is 4.69. The van der Waals surface area contributed by atoms with E-state index in [1.165, 1.54) is 0 Å². The van der Waals surface area contributed by atoms with Gasteiger partial charge in [0, 0.05) is 0 Å². The smallest absolute Gasteiger partial charge is 0.344 e. The van der Waals surface area contributed by atoms with Gasteiger partial charge in [-0.3, -0.25) is 0 Å². The number of esters is 1. The van der Waals surface area contributed by atoms with Crippen LogP contribution in [0.5, 0.6) is 5.75 Å². The zero-order chi connectivity index (χ0) is 12.2. The van der Waals surface area contributed by atoms with Gasteiger partial charge in [-0.2, -0.15) is 0 Å². The first-order valence-electron chi connectivity index (χ1n) is 5.28. The van der Waals surface area contributed by atoms with Crippen molar-refractivity contribution in [1.82, 2.24) is 0 Å². The molecule has 0 aromatic heterocycles. The van der Waals surface area contributed by atoms with Crippen molar-refractivity contribution >= 4 is 5.97 Å². The third kappa shape index (κ3) is 4.82. The molecule has 88 valence electrons. The van der Waals surface area contributed by atoms with Gasteiger partial charge in [0.1, 0.15) is 11.4 Å². The maximum absolute atomic E-state index is 11.4. The highest BCUT2D eigenvalue weighted by atomic mass is 16.6. The fraction of sp³-hybridized carbons (Fsp3) is 0.462. The number of carbonyl (C=O) groups excluding carboxylic acids is 1. The molecule has 0 saturated carbocycles. The molecule has 0 aliphatic heterocycles. The third-order valence-corrected chi connectivity index (χ3v) is 1.80. The molecule has 0 bridgehead atoms. The Kier molecular flexibility index (Phi) is 3.93. The average molecular weight is 222 g/mol. The van der Waals surface area contributed by atoms with Crippen LogP contribution in [0.2, 0.25) is 0 Å². The SMILES string of the molecule is Cc1ccc(OCC(=O)OC(C)(C)C)cc1. The first kappa shape index (κ1) is 12.6. The fourth-order valence-electron chi connectivity index (χ4n) is 1.15. The summed E-state index contributed by atoms with van der Waals surface area (Å²) >= 11 is 0. The Balaban J connectivity index is 2.40. The molecule has 0 amide bonds. The predicted octanol–water partition coefficient (Wildman–Crippen LogP) is 2.72. The van der Waals surface area contributed by atoms with Crippen LogP contribution in [-0.2, 0) is 9.53 Å². The van der Waals surface area contributed by atoms with Crippen LogP contribution in [0.15, 0.2) is 24.3 Å². The van der Waals surface area contributed by atoms with E-state index < -0.39 is 5.60 Å². The first-order chi connectivity index (χ1) is 7.37. The zero-order valence-corrected chi connectivity index (χ0v) is 10.2. The van der Waals surface area contributed by atoms with Crippen molar-refractivity contribution in [2.75, 3.05) is 6.61 Å². The number of carbonyl (C=O) groups is 1. The average Bonchev–Trinajstić information content (AvgIpc) is 2.14. The van der Waals surface area contributed by atoms with Crippen molar-refractivity contribution in [3.05, 3.63) is 29.8 Å². The lowest BCUT2D eigenvalue weighted by atomic mass is 10.2. The number of hydrogen-bond acceptors (Lipinski definition) is 3. The van der Waals surface area contributed by atoms with Gasteiger partial charge in [-0.15, -0.1) is 0 Å². The molecule has 0 unspecified atom stereocenters. The molecule has 16 heavy (non-hydrogen) atoms. The van der Waals surface area contributed by atoms with Gasteiger partial charge in [0.15, 0.2) is 6.61 Å². The second-order valence-electron chi connectivity index (χ2n) is 4.69. The van der Waals surface area contributed by atoms with E-state index in [4.69, 9.17) is 9.47 Å². The number of ether oxygens (including phenoxy) is 2. The van der Waals surface area contributed by atoms with Crippen LogP contribution in [0, 0.1) is 6.92 Å². The number of hydrogen-bond donors (Lipinski definition) is 0. The largest absolute Gasteiger partial charge is 0.482 e. The molecule has 0 spiro atoms. The molecule has 3 heteroatoms. The summed E-state index contributed by atoms with van der Waals surface area (Å²) in [7, 11) is 0. The van der Waals surface area contributed by atoms with E-state index in [-0.39, 0.29) is 12.6 Å². The Morgan fingerprint density at radius 2 is 1.75 bits per heavy atom. The summed E-state index contributed by atoms with van der Waals surface area (Å²) in [5.74, 6) is 0.324. The van der Waals surface area contributed by atoms with E-state index in [9.17, 15) is 4.79 Å². The van der Waals surface area contributed by atoms with Gasteiger partial charge < -0.3 is 9.47 Å². The van der Waals surface area contributed by atoms with Crippen molar-refractivity contribution in [2.24, 2.45) is 0 Å². The Morgan fingerprint density at radius 3 is 2.25 bits per heavy atom. The fourth-order valence-corrected chi connectivity index (χ4v) is 1.15. The van der Waals surface area contributed by atoms with E-state index in [1.807, 2.05) is 52.0 Å². The molecule has 1 rings (SSSR count). The highest BCUT2D eigenvalue weighted by Gasteiger charge is 2.16. The Bertz CT molecular complexity index is 346. The van der Waals surface area contributed by atoms with Crippen LogP contribution in [0.1, 0.15) is 26.3 Å². The van der Waals surface area contributed by atoms with Crippen LogP contribution in [0.4, 0.5) is 0 Å². The molecule has 0 fully saturated rings. The van der Waals surface area contributed by atoms with Crippen LogP contribution in [-0.4, -0.2) is 18.2 Å². The molecule has 1 aromatic rings. The van der Waals surface area contributed by atoms with E-state index >= 15 is 0 Å². The molecule has 0 N–H and O–H groups in total. The minimum atomic E-state index is -0.465. The monoisotopic (exact) mass is 222 g/mol. The predicted molar refractivity (Wildman–Crippen MR) is 62.5 cm³/mol. The van der Waals surface area contributed by atoms with Crippen LogP contribution in [0.25, 0.3) is 0 Å². The van der Waals surface area contributed by atoms with Crippen molar-refractivity contribution in [1.29, 1.82) is 0 Å². The summed E-state index contributed by atoms with van der Waals surface area (Å²) in [4.78, 5) is 11.4. The topological polar surface area (TPSA) is 35.5 Å². The van der Waals surface area contributed by atoms with Gasteiger partial charge in [0.2, 0.25) is 0 Å². The van der Waals surface area contributed by atoms with Gasteiger partial charge >= 0.3 is 5.97 Å². The van der Waals surface area contributed by atoms with Crippen LogP contribution < -0.4 is 4.74 Å². The second kappa shape index (κ2) is 5.01. The molecule has 0 saturated heterocycles. The summed E-state index contributed by atoms with van der Waals surface area (Å²) in [5.41, 5.74) is 0.692. The summed E-state index contributed by atoms with van der Waals surface area (Å²) < 4.78 is 10.4. The molecular formula is C13H18O3. The van der Waals surface area contributed by atoms with Crippen molar-refractivity contribution in [3.63, 3.8) is 0 Å². The number of aryl methyl sites for hydroxylation is 1. The highest BCUT2D eigenvalue weighted by Crippen LogP contribution is 2.12. The van der Waals surface area contributed by atoms with E-state index in [1.54, 1.807) is 0 Å². The van der Waals surface area contributed by atoms with E-state index in [0.717, 1.165) is 5.56 Å². The number of rotatable bonds is 3. The van der Waals surface area contributed by atoms with Crippen molar-refractivity contribution in [2.45, 2.75) is 33.3 Å². The minimum Gasteiger partial charge on any atom is -0.482 e. The standard InChI is InChI=1S/C13H18O3/c1-10-5-7-11(8-6-10)15-9-12(14)16-13(2,3)4/h5-8H,9H2,1-4H3. The Morgan fingerprint density at radius 1 is 1.19 bits per heavy atom.